The highest BCUT2D eigenvalue weighted by Crippen LogP contribution is 2.26. The summed E-state index contributed by atoms with van der Waals surface area (Å²) in [5, 5.41) is 3.21. The van der Waals surface area contributed by atoms with Crippen LogP contribution in [0.1, 0.15) is 17.0 Å². The van der Waals surface area contributed by atoms with Crippen LogP contribution in [0.15, 0.2) is 12.1 Å². The molecule has 0 fully saturated rings. The zero-order valence-corrected chi connectivity index (χ0v) is 9.25. The van der Waals surface area contributed by atoms with Gasteiger partial charge in [0.2, 0.25) is 5.91 Å². The molecule has 3 N–H and O–H groups in total. The second-order valence-electron chi connectivity index (χ2n) is 3.89. The van der Waals surface area contributed by atoms with Gasteiger partial charge in [-0.25, -0.2) is 0 Å². The van der Waals surface area contributed by atoms with E-state index in [4.69, 9.17) is 10.5 Å². The Bertz CT molecular complexity index is 404. The summed E-state index contributed by atoms with van der Waals surface area (Å²) in [7, 11) is 1.59. The van der Waals surface area contributed by atoms with E-state index in [2.05, 4.69) is 11.4 Å². The van der Waals surface area contributed by atoms with E-state index >= 15 is 0 Å². The number of nitrogens with two attached hydrogens (primary N) is 1. The average molecular weight is 219 g/mol. The Balaban J connectivity index is 2.44. The Labute approximate surface area is 94.8 Å². The van der Waals surface area contributed by atoms with Crippen molar-refractivity contribution in [2.75, 3.05) is 20.2 Å². The lowest BCUT2D eigenvalue weighted by atomic mass is 9.93. The van der Waals surface area contributed by atoms with Crippen LogP contribution in [0.4, 0.5) is 0 Å². The number of primary amides is 1. The van der Waals surface area contributed by atoms with Crippen LogP contribution in [0.3, 0.4) is 0 Å². The van der Waals surface area contributed by atoms with Crippen molar-refractivity contribution in [2.24, 2.45) is 5.73 Å². The molecule has 85 valence electrons. The van der Waals surface area contributed by atoms with Crippen LogP contribution in [0, 0.1) is 6.07 Å². The van der Waals surface area contributed by atoms with Crippen LogP contribution in [-0.4, -0.2) is 26.1 Å². The smallest absolute Gasteiger partial charge is 0.226 e. The van der Waals surface area contributed by atoms with Gasteiger partial charge in [-0.2, -0.15) is 0 Å². The number of nitrogens with one attached hydrogen (secondary N) is 1. The molecule has 0 aromatic heterocycles. The van der Waals surface area contributed by atoms with E-state index in [0.29, 0.717) is 12.3 Å². The number of carbonyl (C=O) groups excluding carboxylic acids is 1. The van der Waals surface area contributed by atoms with Gasteiger partial charge in [0.05, 0.1) is 13.0 Å². The van der Waals surface area contributed by atoms with Crippen LogP contribution >= 0.6 is 0 Å². The normalized spacial score (nSPS) is 19.7. The predicted octanol–water partition coefficient (Wildman–Crippen LogP) is 0.210. The molecule has 0 spiro atoms. The summed E-state index contributed by atoms with van der Waals surface area (Å²) in [6.07, 6.45) is 0.888. The van der Waals surface area contributed by atoms with Gasteiger partial charge < -0.3 is 15.8 Å². The fraction of sp³-hybridized carbons (Fsp3) is 0.417. The van der Waals surface area contributed by atoms with Gasteiger partial charge in [-0.3, -0.25) is 4.79 Å². The quantitative estimate of drug-likeness (QED) is 0.747. The van der Waals surface area contributed by atoms with Gasteiger partial charge in [-0.05, 0) is 36.2 Å². The van der Waals surface area contributed by atoms with E-state index in [1.54, 1.807) is 7.11 Å². The maximum atomic E-state index is 11.4. The van der Waals surface area contributed by atoms with Crippen LogP contribution in [0.2, 0.25) is 0 Å². The van der Waals surface area contributed by atoms with Gasteiger partial charge in [0.25, 0.3) is 0 Å². The second kappa shape index (κ2) is 4.53. The van der Waals surface area contributed by atoms with Gasteiger partial charge in [0, 0.05) is 12.6 Å². The number of methoxy groups -OCH3 is 1. The molecule has 1 aliphatic heterocycles. The third kappa shape index (κ3) is 2.02. The molecule has 4 nitrogen and oxygen atoms in total. The first-order valence-corrected chi connectivity index (χ1v) is 5.31. The number of amides is 1. The lowest BCUT2D eigenvalue weighted by molar-refractivity contribution is -0.119. The van der Waals surface area contributed by atoms with E-state index in [9.17, 15) is 4.79 Å². The Morgan fingerprint density at radius 1 is 1.69 bits per heavy atom. The third-order valence-corrected chi connectivity index (χ3v) is 2.90. The molecule has 1 radical (unpaired) electrons. The first kappa shape index (κ1) is 11.0. The minimum atomic E-state index is -0.302. The maximum Gasteiger partial charge on any atom is 0.226 e. The van der Waals surface area contributed by atoms with Crippen molar-refractivity contribution >= 4 is 5.91 Å². The molecule has 0 saturated carbocycles. The van der Waals surface area contributed by atoms with Gasteiger partial charge in [-0.15, -0.1) is 0 Å². The number of hydrogen-bond donors (Lipinski definition) is 2. The van der Waals surface area contributed by atoms with Gasteiger partial charge in [0.1, 0.15) is 5.75 Å². The minimum Gasteiger partial charge on any atom is -0.496 e. The van der Waals surface area contributed by atoms with Crippen molar-refractivity contribution in [1.29, 1.82) is 0 Å². The minimum absolute atomic E-state index is 0.277. The summed E-state index contributed by atoms with van der Waals surface area (Å²) >= 11 is 0. The van der Waals surface area contributed by atoms with Crippen molar-refractivity contribution < 1.29 is 9.53 Å². The molecule has 1 amide bonds. The second-order valence-corrected chi connectivity index (χ2v) is 3.89. The average Bonchev–Trinajstić information content (AvgIpc) is 2.49. The van der Waals surface area contributed by atoms with E-state index in [1.165, 1.54) is 0 Å². The lowest BCUT2D eigenvalue weighted by Crippen LogP contribution is -2.30. The highest BCUT2D eigenvalue weighted by molar-refractivity contribution is 5.83. The summed E-state index contributed by atoms with van der Waals surface area (Å²) in [5.74, 6) is 0.0665. The van der Waals surface area contributed by atoms with Crippen LogP contribution in [0.25, 0.3) is 0 Å². The van der Waals surface area contributed by atoms with Crippen molar-refractivity contribution in [3.05, 3.63) is 29.3 Å². The number of carbonyl (C=O) groups is 1. The number of fused-ring (bicyclic) bond motifs is 1. The molecule has 16 heavy (non-hydrogen) atoms. The standard InChI is InChI=1S/C12H15N2O2/c1-16-9-3-2-8-4-5-14-7-11(12(13)15)10(8)6-9/h2,6,11,14H,4-5,7H2,1H3,(H2,13,15). The molecule has 0 aliphatic carbocycles. The predicted molar refractivity (Wildman–Crippen MR) is 60.3 cm³/mol. The maximum absolute atomic E-state index is 11.4. The molecule has 1 aliphatic rings. The Hall–Kier alpha value is -1.55. The zero-order chi connectivity index (χ0) is 11.5. The molecule has 1 atom stereocenters. The highest BCUT2D eigenvalue weighted by atomic mass is 16.5. The number of ether oxygens (including phenoxy) is 1. The van der Waals surface area contributed by atoms with Gasteiger partial charge in [0.15, 0.2) is 0 Å². The zero-order valence-electron chi connectivity index (χ0n) is 9.25. The summed E-state index contributed by atoms with van der Waals surface area (Å²) in [6, 6.07) is 6.78. The van der Waals surface area contributed by atoms with Crippen molar-refractivity contribution in [3.8, 4) is 5.75 Å². The topological polar surface area (TPSA) is 64.3 Å². The molecule has 0 bridgehead atoms. The molecule has 4 heteroatoms. The van der Waals surface area contributed by atoms with Crippen LogP contribution in [0.5, 0.6) is 5.75 Å². The molecule has 1 aromatic carbocycles. The lowest BCUT2D eigenvalue weighted by Gasteiger charge is -2.14. The summed E-state index contributed by atoms with van der Waals surface area (Å²) < 4.78 is 5.12. The monoisotopic (exact) mass is 219 g/mol. The number of benzene rings is 1. The summed E-state index contributed by atoms with van der Waals surface area (Å²) in [5.41, 5.74) is 7.50. The number of hydrogen-bond acceptors (Lipinski definition) is 3. The van der Waals surface area contributed by atoms with Crippen LogP contribution in [-0.2, 0) is 11.2 Å². The fourth-order valence-electron chi connectivity index (χ4n) is 2.01. The van der Waals surface area contributed by atoms with Crippen LogP contribution < -0.4 is 15.8 Å². The largest absolute Gasteiger partial charge is 0.496 e. The molecule has 1 heterocycles. The highest BCUT2D eigenvalue weighted by Gasteiger charge is 2.23. The van der Waals surface area contributed by atoms with E-state index in [1.807, 2.05) is 12.1 Å². The first-order valence-electron chi connectivity index (χ1n) is 5.31. The molecule has 2 rings (SSSR count). The Morgan fingerprint density at radius 2 is 2.50 bits per heavy atom. The Kier molecular flexibility index (Phi) is 3.10. The van der Waals surface area contributed by atoms with E-state index in [0.717, 1.165) is 24.1 Å². The molecule has 1 aromatic rings. The van der Waals surface area contributed by atoms with Crippen molar-refractivity contribution in [2.45, 2.75) is 12.3 Å². The molecular weight excluding hydrogens is 204 g/mol. The summed E-state index contributed by atoms with van der Waals surface area (Å²) in [6.45, 7) is 1.45. The molecule has 0 saturated heterocycles. The van der Waals surface area contributed by atoms with Crippen molar-refractivity contribution in [3.63, 3.8) is 0 Å². The van der Waals surface area contributed by atoms with Gasteiger partial charge in [-0.1, -0.05) is 0 Å². The molecular formula is C12H15N2O2. The number of rotatable bonds is 2. The fourth-order valence-corrected chi connectivity index (χ4v) is 2.01. The SMILES string of the molecule is COc1[c]cc2c(c1)C(C(N)=O)CNCC2. The molecule has 1 unspecified atom stereocenters. The third-order valence-electron chi connectivity index (χ3n) is 2.90. The summed E-state index contributed by atoms with van der Waals surface area (Å²) in [4.78, 5) is 11.4. The van der Waals surface area contributed by atoms with E-state index < -0.39 is 0 Å². The van der Waals surface area contributed by atoms with Crippen molar-refractivity contribution in [1.82, 2.24) is 5.32 Å². The van der Waals surface area contributed by atoms with Gasteiger partial charge >= 0.3 is 0 Å². The Morgan fingerprint density at radius 3 is 3.19 bits per heavy atom. The first-order chi connectivity index (χ1) is 7.72. The van der Waals surface area contributed by atoms with E-state index in [-0.39, 0.29) is 11.8 Å².